The lowest BCUT2D eigenvalue weighted by molar-refractivity contribution is 0.660. The predicted molar refractivity (Wildman–Crippen MR) is 337 cm³/mol. The molecule has 0 bridgehead atoms. The van der Waals surface area contributed by atoms with Gasteiger partial charge in [0.25, 0.3) is 0 Å². The minimum Gasteiger partial charge on any atom is -0.310 e. The lowest BCUT2D eigenvalue weighted by Gasteiger charge is -2.31. The molecule has 12 aromatic carbocycles. The predicted octanol–water partition coefficient (Wildman–Crippen LogP) is 21.6. The third-order valence-corrected chi connectivity index (χ3v) is 17.7. The van der Waals surface area contributed by atoms with E-state index in [9.17, 15) is 0 Å². The van der Waals surface area contributed by atoms with E-state index in [0.29, 0.717) is 0 Å². The first-order valence-electron chi connectivity index (χ1n) is 28.1. The van der Waals surface area contributed by atoms with Gasteiger partial charge in [0.2, 0.25) is 0 Å². The molecule has 0 saturated heterocycles. The maximum Gasteiger partial charge on any atom is 0.0465 e. The molecule has 15 rings (SSSR count). The Labute approximate surface area is 470 Å². The molecule has 0 spiro atoms. The van der Waals surface area contributed by atoms with Gasteiger partial charge in [-0.25, -0.2) is 0 Å². The van der Waals surface area contributed by atoms with Crippen molar-refractivity contribution in [3.63, 3.8) is 0 Å². The lowest BCUT2D eigenvalue weighted by Crippen LogP contribution is -2.16. The molecule has 0 heterocycles. The van der Waals surface area contributed by atoms with Crippen LogP contribution in [0.2, 0.25) is 0 Å². The summed E-state index contributed by atoms with van der Waals surface area (Å²) >= 11 is 0. The molecule has 3 aliphatic rings. The van der Waals surface area contributed by atoms with Gasteiger partial charge >= 0.3 is 0 Å². The van der Waals surface area contributed by atoms with Gasteiger partial charge in [0.1, 0.15) is 0 Å². The maximum atomic E-state index is 2.42. The van der Waals surface area contributed by atoms with Crippen LogP contribution in [0.5, 0.6) is 0 Å². The maximum absolute atomic E-state index is 2.42. The zero-order chi connectivity index (χ0) is 53.7. The van der Waals surface area contributed by atoms with Crippen LogP contribution in [0.15, 0.2) is 279 Å². The molecule has 2 heteroatoms. The number of benzene rings is 12. The van der Waals surface area contributed by atoms with Crippen LogP contribution in [-0.2, 0) is 10.8 Å². The summed E-state index contributed by atoms with van der Waals surface area (Å²) in [5, 5.41) is 0. The third kappa shape index (κ3) is 7.54. The first kappa shape index (κ1) is 47.5. The van der Waals surface area contributed by atoms with Crippen LogP contribution < -0.4 is 9.80 Å². The molecule has 0 radical (unpaired) electrons. The SMILES string of the molecule is CC1(C)c2ccccc2-c2ccc(N(c3ccc(-c4ccccc4)cc3)c3ccc(-c4cccc5c4-c4c(-c6ccc(N(c7ccc(-c8ccccc8)cc7)c7ccc8c(c7)C(C)(C)c7ccccc7-8)cc6)cccc4-5)cc3)cc21. The number of hydrogen-bond donors (Lipinski definition) is 0. The molecule has 0 atom stereocenters. The molecule has 2 nitrogen and oxygen atoms in total. The molecule has 0 saturated carbocycles. The highest BCUT2D eigenvalue weighted by Crippen LogP contribution is 2.57. The Balaban J connectivity index is 0.779. The van der Waals surface area contributed by atoms with Crippen molar-refractivity contribution in [2.45, 2.75) is 38.5 Å². The van der Waals surface area contributed by atoms with Gasteiger partial charge in [0.05, 0.1) is 0 Å². The fourth-order valence-corrected chi connectivity index (χ4v) is 13.5. The van der Waals surface area contributed by atoms with Gasteiger partial charge in [-0.15, -0.1) is 0 Å². The molecule has 0 fully saturated rings. The van der Waals surface area contributed by atoms with E-state index in [1.54, 1.807) is 0 Å². The van der Waals surface area contributed by atoms with Crippen molar-refractivity contribution >= 4 is 34.1 Å². The van der Waals surface area contributed by atoms with Crippen molar-refractivity contribution in [1.29, 1.82) is 0 Å². The minimum absolute atomic E-state index is 0.120. The number of rotatable bonds is 10. The van der Waals surface area contributed by atoms with E-state index < -0.39 is 0 Å². The largest absolute Gasteiger partial charge is 0.310 e. The molecular formula is C78H58N2. The van der Waals surface area contributed by atoms with E-state index in [2.05, 4.69) is 317 Å². The second kappa shape index (κ2) is 18.4. The molecule has 12 aromatic rings. The Morgan fingerprint density at radius 3 is 0.850 bits per heavy atom. The highest BCUT2D eigenvalue weighted by molar-refractivity contribution is 6.14. The van der Waals surface area contributed by atoms with E-state index >= 15 is 0 Å². The summed E-state index contributed by atoms with van der Waals surface area (Å²) < 4.78 is 0. The minimum atomic E-state index is -0.120. The van der Waals surface area contributed by atoms with Gasteiger partial charge in [-0.2, -0.15) is 0 Å². The van der Waals surface area contributed by atoms with Crippen LogP contribution in [0.1, 0.15) is 49.9 Å². The Morgan fingerprint density at radius 1 is 0.200 bits per heavy atom. The van der Waals surface area contributed by atoms with E-state index in [1.807, 2.05) is 0 Å². The molecule has 380 valence electrons. The van der Waals surface area contributed by atoms with Gasteiger partial charge in [0.15, 0.2) is 0 Å². The smallest absolute Gasteiger partial charge is 0.0465 e. The topological polar surface area (TPSA) is 6.48 Å². The zero-order valence-corrected chi connectivity index (χ0v) is 45.5. The number of hydrogen-bond acceptors (Lipinski definition) is 2. The average molecular weight is 1020 g/mol. The number of nitrogens with zero attached hydrogens (tertiary/aromatic N) is 2. The summed E-state index contributed by atoms with van der Waals surface area (Å²) in [6.45, 7) is 9.45. The molecule has 80 heavy (non-hydrogen) atoms. The van der Waals surface area contributed by atoms with Crippen LogP contribution in [0.3, 0.4) is 0 Å². The fraction of sp³-hybridized carbons (Fsp3) is 0.0769. The van der Waals surface area contributed by atoms with Crippen LogP contribution in [-0.4, -0.2) is 0 Å². The van der Waals surface area contributed by atoms with E-state index in [1.165, 1.54) is 111 Å². The molecule has 0 amide bonds. The van der Waals surface area contributed by atoms with Crippen molar-refractivity contribution in [1.82, 2.24) is 0 Å². The molecule has 0 unspecified atom stereocenters. The molecule has 0 aromatic heterocycles. The second-order valence-electron chi connectivity index (χ2n) is 22.8. The van der Waals surface area contributed by atoms with Crippen molar-refractivity contribution < 1.29 is 0 Å². The summed E-state index contributed by atoms with van der Waals surface area (Å²) in [4.78, 5) is 4.84. The standard InChI is InChI=1S/C78H58N2/c1-77(2)71-27-13-11-21-65(71)67-47-45-61(49-73(67)77)79(57-37-29-53(30-38-57)51-17-7-5-8-18-51)59-41-33-55(34-42-59)63-23-15-25-69-70-26-16-24-64(76(70)75(63)69)56-35-43-60(44-36-56)80(58-39-31-54(32-40-58)52-19-9-6-10-20-52)62-46-48-68-66-22-12-14-28-72(66)78(3,4)74(68)50-62/h5-50H,1-4H3. The van der Waals surface area contributed by atoms with Gasteiger partial charge < -0.3 is 9.80 Å². The van der Waals surface area contributed by atoms with Gasteiger partial charge in [-0.05, 0) is 184 Å². The van der Waals surface area contributed by atoms with Crippen molar-refractivity contribution in [3.05, 3.63) is 301 Å². The first-order valence-corrected chi connectivity index (χ1v) is 28.1. The van der Waals surface area contributed by atoms with Gasteiger partial charge in [-0.3, -0.25) is 0 Å². The number of anilines is 6. The third-order valence-electron chi connectivity index (χ3n) is 17.7. The summed E-state index contributed by atoms with van der Waals surface area (Å²) in [5.74, 6) is 0. The Hall–Kier alpha value is -9.76. The monoisotopic (exact) mass is 1020 g/mol. The summed E-state index contributed by atoms with van der Waals surface area (Å²) in [6.07, 6.45) is 0. The van der Waals surface area contributed by atoms with Crippen LogP contribution in [0.4, 0.5) is 34.1 Å². The first-order chi connectivity index (χ1) is 39.2. The average Bonchev–Trinajstić information content (AvgIpc) is 4.06. The Kier molecular flexibility index (Phi) is 10.9. The Morgan fingerprint density at radius 2 is 0.475 bits per heavy atom. The van der Waals surface area contributed by atoms with Crippen molar-refractivity contribution in [2.75, 3.05) is 9.80 Å². The number of fused-ring (bicyclic) bond motifs is 10. The highest BCUT2D eigenvalue weighted by Gasteiger charge is 2.37. The zero-order valence-electron chi connectivity index (χ0n) is 45.5. The summed E-state index contributed by atoms with van der Waals surface area (Å²) in [5.41, 5.74) is 32.2. The van der Waals surface area contributed by atoms with Crippen molar-refractivity contribution in [3.8, 4) is 89.0 Å². The second-order valence-corrected chi connectivity index (χ2v) is 22.8. The quantitative estimate of drug-likeness (QED) is 0.135. The lowest BCUT2D eigenvalue weighted by atomic mass is 9.73. The molecule has 0 N–H and O–H groups in total. The highest BCUT2D eigenvalue weighted by atomic mass is 15.1. The van der Waals surface area contributed by atoms with E-state index in [-0.39, 0.29) is 10.8 Å². The van der Waals surface area contributed by atoms with Gasteiger partial charge in [0, 0.05) is 45.0 Å². The van der Waals surface area contributed by atoms with Crippen LogP contribution in [0, 0.1) is 0 Å². The summed E-state index contributed by atoms with van der Waals surface area (Å²) in [6, 6.07) is 103. The molecule has 0 aliphatic heterocycles. The summed E-state index contributed by atoms with van der Waals surface area (Å²) in [7, 11) is 0. The normalized spacial score (nSPS) is 13.4. The van der Waals surface area contributed by atoms with Crippen molar-refractivity contribution in [2.24, 2.45) is 0 Å². The molecular weight excluding hydrogens is 965 g/mol. The van der Waals surface area contributed by atoms with Gasteiger partial charge in [-0.1, -0.05) is 234 Å². The Bertz CT molecular complexity index is 4070. The molecule has 3 aliphatic carbocycles. The van der Waals surface area contributed by atoms with E-state index in [4.69, 9.17) is 0 Å². The van der Waals surface area contributed by atoms with Crippen LogP contribution in [0.25, 0.3) is 89.0 Å². The van der Waals surface area contributed by atoms with E-state index in [0.717, 1.165) is 34.1 Å². The van der Waals surface area contributed by atoms with Crippen LogP contribution >= 0.6 is 0 Å². The fourth-order valence-electron chi connectivity index (χ4n) is 13.5.